The predicted octanol–water partition coefficient (Wildman–Crippen LogP) is -3.72. The van der Waals surface area contributed by atoms with E-state index in [1.807, 2.05) is 0 Å². The Morgan fingerprint density at radius 3 is 1.25 bits per heavy atom. The van der Waals surface area contributed by atoms with Crippen LogP contribution in [0.2, 0.25) is 0 Å². The Morgan fingerprint density at radius 2 is 1.25 bits per heavy atom. The van der Waals surface area contributed by atoms with Crippen molar-refractivity contribution in [2.45, 2.75) is 0 Å². The van der Waals surface area contributed by atoms with Gasteiger partial charge in [0, 0.05) is 0 Å². The smallest absolute Gasteiger partial charge is 0.907 e. The molecular formula is H2BO3-. The quantitative estimate of drug-likeness (QED) is 0.270. The highest BCUT2D eigenvalue weighted by Crippen LogP contribution is 0.994. The highest BCUT2D eigenvalue weighted by Gasteiger charge is 1.17. The van der Waals surface area contributed by atoms with E-state index in [1.165, 1.54) is 0 Å². The first-order chi connectivity index (χ1) is 1.73. The van der Waals surface area contributed by atoms with E-state index in [0.717, 1.165) is 0 Å². The van der Waals surface area contributed by atoms with Crippen LogP contribution in [0.15, 0.2) is 0 Å². The van der Waals surface area contributed by atoms with Gasteiger partial charge in [-0.05, 0) is 0 Å². The van der Waals surface area contributed by atoms with Crippen molar-refractivity contribution in [3.8, 4) is 0 Å². The maximum absolute atomic E-state index is 8.42. The van der Waals surface area contributed by atoms with Crippen LogP contribution in [-0.4, -0.2) is 7.32 Å². The summed E-state index contributed by atoms with van der Waals surface area (Å²) in [5, 5.41) is 25.2. The van der Waals surface area contributed by atoms with Crippen molar-refractivity contribution in [3.05, 3.63) is 0 Å². The molecule has 0 bridgehead atoms. The van der Waals surface area contributed by atoms with Gasteiger partial charge in [0.15, 0.2) is 0 Å². The maximum Gasteiger partial charge on any atom is 1.00 e. The Labute approximate surface area is 26.7 Å². The summed E-state index contributed by atoms with van der Waals surface area (Å²) in [5.41, 5.74) is 0. The van der Waals surface area contributed by atoms with Gasteiger partial charge in [0.05, 0.1) is 0 Å². The molecule has 0 aliphatic rings. The summed E-state index contributed by atoms with van der Waals surface area (Å²) in [7, 11) is -2.92. The van der Waals surface area contributed by atoms with E-state index in [1.54, 1.807) is 0 Å². The minimum absolute atomic E-state index is 0. The van der Waals surface area contributed by atoms with Crippen molar-refractivity contribution in [3.63, 3.8) is 0 Å². The topological polar surface area (TPSA) is 69.2 Å². The molecule has 0 atom stereocenters. The largest absolute Gasteiger partial charge is 1.00 e. The van der Waals surface area contributed by atoms with Gasteiger partial charge in [0.2, 0.25) is 0 Å². The molecule has 0 aliphatic carbocycles. The van der Waals surface area contributed by atoms with Crippen LogP contribution in [0.25, 0.3) is 0 Å². The lowest BCUT2D eigenvalue weighted by Crippen LogP contribution is -2.56. The van der Waals surface area contributed by atoms with E-state index >= 15 is 0 Å². The molecule has 0 aliphatic heterocycles. The van der Waals surface area contributed by atoms with Gasteiger partial charge in [-0.2, -0.15) is 0 Å². The standard InChI is InChI=1S/BO3/c2-1(3)4/q-3/p+2. The van der Waals surface area contributed by atoms with Crippen molar-refractivity contribution in [1.29, 1.82) is 0 Å². The third kappa shape index (κ3) is 573. The summed E-state index contributed by atoms with van der Waals surface area (Å²) in [6.45, 7) is 0. The molecule has 0 aromatic heterocycles. The van der Waals surface area contributed by atoms with Gasteiger partial charge in [-0.1, -0.05) is 0 Å². The molecule has 0 aromatic carbocycles. The zero-order valence-electron chi connectivity index (χ0n) is 3.80. The summed E-state index contributed by atoms with van der Waals surface area (Å²) in [4.78, 5) is 0. The van der Waals surface area contributed by atoms with Gasteiger partial charge < -0.3 is 15.1 Å². The molecule has 4 heteroatoms. The zero-order chi connectivity index (χ0) is 3.58. The second kappa shape index (κ2) is 1.28. The molecule has 0 spiro atoms. The summed E-state index contributed by atoms with van der Waals surface area (Å²) in [6.07, 6.45) is 0. The third-order valence-electron chi connectivity index (χ3n) is 0. The molecular weight excluding hydrogens is 58.8 g/mol. The number of hydrogen-bond acceptors (Lipinski definition) is 3. The van der Waals surface area contributed by atoms with E-state index in [-0.39, 0.29) is 2.85 Å². The summed E-state index contributed by atoms with van der Waals surface area (Å²) in [5.74, 6) is 0. The maximum atomic E-state index is 8.42. The summed E-state index contributed by atoms with van der Waals surface area (Å²) < 4.78 is 0. The SMILES string of the molecule is [H+].[H+].[O-]B([O-])[O-]. The minimum Gasteiger partial charge on any atom is -0.907 e. The van der Waals surface area contributed by atoms with Crippen LogP contribution < -0.4 is 15.1 Å². The average molecular weight is 60.8 g/mol. The first kappa shape index (κ1) is 3.94. The lowest BCUT2D eigenvalue weighted by Gasteiger charge is -2.35. The summed E-state index contributed by atoms with van der Waals surface area (Å²) in [6, 6.07) is 0. The van der Waals surface area contributed by atoms with E-state index in [2.05, 4.69) is 0 Å². The molecule has 0 unspecified atom stereocenters. The Bertz CT molecular complexity index is 13.5. The van der Waals surface area contributed by atoms with Crippen LogP contribution >= 0.6 is 0 Å². The molecule has 0 saturated carbocycles. The first-order valence-electron chi connectivity index (χ1n) is 0.707. The van der Waals surface area contributed by atoms with E-state index in [4.69, 9.17) is 15.1 Å². The fourth-order valence-corrected chi connectivity index (χ4v) is 0. The van der Waals surface area contributed by atoms with Gasteiger partial charge in [-0.25, -0.2) is 0 Å². The predicted molar refractivity (Wildman–Crippen MR) is 7.98 cm³/mol. The molecule has 0 radical (unpaired) electrons. The molecule has 0 aromatic rings. The van der Waals surface area contributed by atoms with E-state index in [0.29, 0.717) is 0 Å². The highest BCUT2D eigenvalue weighted by atomic mass is 16.5. The van der Waals surface area contributed by atoms with Crippen molar-refractivity contribution in [2.24, 2.45) is 0 Å². The van der Waals surface area contributed by atoms with Gasteiger partial charge >= 0.3 is 2.85 Å². The lowest BCUT2D eigenvalue weighted by molar-refractivity contribution is -0.479. The van der Waals surface area contributed by atoms with Gasteiger partial charge in [-0.3, -0.25) is 7.32 Å². The molecule has 0 rings (SSSR count). The fraction of sp³-hybridized carbons (Fsp3) is 0. The highest BCUT2D eigenvalue weighted by molar-refractivity contribution is 6.24. The molecule has 0 fully saturated rings. The number of rotatable bonds is 0. The molecule has 4 heavy (non-hydrogen) atoms. The first-order valence-corrected chi connectivity index (χ1v) is 0.707. The van der Waals surface area contributed by atoms with Crippen molar-refractivity contribution >= 4 is 7.32 Å². The summed E-state index contributed by atoms with van der Waals surface area (Å²) >= 11 is 0. The molecule has 3 nitrogen and oxygen atoms in total. The molecule has 0 amide bonds. The van der Waals surface area contributed by atoms with Gasteiger partial charge in [-0.15, -0.1) is 0 Å². The normalized spacial score (nSPS) is 6.75. The zero-order valence-corrected chi connectivity index (χ0v) is 1.80. The monoisotopic (exact) mass is 61.0 g/mol. The fourth-order valence-electron chi connectivity index (χ4n) is 0. The average Bonchev–Trinajstić information content (AvgIpc) is 0.811. The second-order valence-corrected chi connectivity index (χ2v) is 0.289. The molecule has 0 saturated heterocycles. The third-order valence-corrected chi connectivity index (χ3v) is 0. The van der Waals surface area contributed by atoms with Crippen LogP contribution in [-0.2, 0) is 0 Å². The minimum atomic E-state index is -2.92. The Balaban J connectivity index is -0.0000000450. The second-order valence-electron chi connectivity index (χ2n) is 0.289. The van der Waals surface area contributed by atoms with Crippen LogP contribution in [0.1, 0.15) is 2.85 Å². The molecule has 0 heterocycles. The van der Waals surface area contributed by atoms with E-state index < -0.39 is 7.32 Å². The Kier molecular flexibility index (Phi) is 1.27. The van der Waals surface area contributed by atoms with Crippen molar-refractivity contribution < 1.29 is 17.9 Å². The Hall–Kier alpha value is -0.0551. The lowest BCUT2D eigenvalue weighted by atomic mass is 10.3. The van der Waals surface area contributed by atoms with Gasteiger partial charge in [0.25, 0.3) is 0 Å². The van der Waals surface area contributed by atoms with Crippen molar-refractivity contribution in [1.82, 2.24) is 0 Å². The molecule has 0 N–H and O–H groups in total. The van der Waals surface area contributed by atoms with Crippen LogP contribution in [0.3, 0.4) is 0 Å². The van der Waals surface area contributed by atoms with Crippen LogP contribution in [0.4, 0.5) is 0 Å². The van der Waals surface area contributed by atoms with Gasteiger partial charge in [0.1, 0.15) is 0 Å². The number of hydrogen-bond donors (Lipinski definition) is 0. The Morgan fingerprint density at radius 1 is 1.25 bits per heavy atom. The van der Waals surface area contributed by atoms with Crippen molar-refractivity contribution in [2.75, 3.05) is 0 Å². The van der Waals surface area contributed by atoms with E-state index in [9.17, 15) is 0 Å². The molecule has 24 valence electrons. The van der Waals surface area contributed by atoms with Crippen LogP contribution in [0, 0.1) is 0 Å². The van der Waals surface area contributed by atoms with Crippen LogP contribution in [0.5, 0.6) is 0 Å².